The SMILES string of the molecule is CC(C)C(N)c1csc(N2CCCCCC2)n1. The summed E-state index contributed by atoms with van der Waals surface area (Å²) in [5, 5.41) is 3.29. The second-order valence-electron chi connectivity index (χ2n) is 5.23. The van der Waals surface area contributed by atoms with Crippen molar-refractivity contribution in [2.75, 3.05) is 18.0 Å². The van der Waals surface area contributed by atoms with Crippen molar-refractivity contribution in [2.45, 2.75) is 45.6 Å². The van der Waals surface area contributed by atoms with Crippen molar-refractivity contribution in [3.8, 4) is 0 Å². The van der Waals surface area contributed by atoms with Crippen molar-refractivity contribution < 1.29 is 0 Å². The molecule has 0 spiro atoms. The lowest BCUT2D eigenvalue weighted by molar-refractivity contribution is 0.505. The number of thiazole rings is 1. The Kier molecular flexibility index (Phi) is 4.40. The van der Waals surface area contributed by atoms with Gasteiger partial charge in [-0.1, -0.05) is 26.7 Å². The lowest BCUT2D eigenvalue weighted by Crippen LogP contribution is -2.24. The van der Waals surface area contributed by atoms with E-state index < -0.39 is 0 Å². The molecule has 17 heavy (non-hydrogen) atoms. The molecule has 1 unspecified atom stereocenters. The Morgan fingerprint density at radius 1 is 1.24 bits per heavy atom. The Labute approximate surface area is 108 Å². The summed E-state index contributed by atoms with van der Waals surface area (Å²) >= 11 is 1.75. The van der Waals surface area contributed by atoms with Crippen molar-refractivity contribution in [1.82, 2.24) is 4.98 Å². The minimum Gasteiger partial charge on any atom is -0.348 e. The molecule has 96 valence electrons. The van der Waals surface area contributed by atoms with E-state index in [4.69, 9.17) is 10.7 Å². The minimum absolute atomic E-state index is 0.0759. The maximum Gasteiger partial charge on any atom is 0.185 e. The highest BCUT2D eigenvalue weighted by Gasteiger charge is 2.17. The molecule has 2 heterocycles. The van der Waals surface area contributed by atoms with Crippen molar-refractivity contribution in [1.29, 1.82) is 0 Å². The summed E-state index contributed by atoms with van der Waals surface area (Å²) in [5.41, 5.74) is 7.20. The molecule has 0 amide bonds. The first-order valence-corrected chi connectivity index (χ1v) is 7.52. The van der Waals surface area contributed by atoms with Gasteiger partial charge in [-0.15, -0.1) is 11.3 Å². The summed E-state index contributed by atoms with van der Waals surface area (Å²) in [6.45, 7) is 6.61. The van der Waals surface area contributed by atoms with E-state index in [-0.39, 0.29) is 6.04 Å². The third-order valence-electron chi connectivity index (χ3n) is 3.45. The molecular weight excluding hydrogens is 230 g/mol. The summed E-state index contributed by atoms with van der Waals surface area (Å²) in [6, 6.07) is 0.0759. The Hall–Kier alpha value is -0.610. The summed E-state index contributed by atoms with van der Waals surface area (Å²) in [4.78, 5) is 7.14. The Morgan fingerprint density at radius 3 is 2.47 bits per heavy atom. The summed E-state index contributed by atoms with van der Waals surface area (Å²) in [7, 11) is 0. The molecule has 0 aromatic carbocycles. The highest BCUT2D eigenvalue weighted by atomic mass is 32.1. The molecule has 1 aliphatic rings. The van der Waals surface area contributed by atoms with Gasteiger partial charge in [0.2, 0.25) is 0 Å². The Bertz CT molecular complexity index is 340. The third kappa shape index (κ3) is 3.19. The van der Waals surface area contributed by atoms with Gasteiger partial charge in [-0.3, -0.25) is 0 Å². The zero-order valence-electron chi connectivity index (χ0n) is 10.9. The third-order valence-corrected chi connectivity index (χ3v) is 4.37. The molecule has 2 N–H and O–H groups in total. The molecule has 2 rings (SSSR count). The molecule has 3 nitrogen and oxygen atoms in total. The Morgan fingerprint density at radius 2 is 1.88 bits per heavy atom. The topological polar surface area (TPSA) is 42.1 Å². The van der Waals surface area contributed by atoms with Gasteiger partial charge >= 0.3 is 0 Å². The summed E-state index contributed by atoms with van der Waals surface area (Å²) in [6.07, 6.45) is 5.32. The van der Waals surface area contributed by atoms with Crippen molar-refractivity contribution in [3.05, 3.63) is 11.1 Å². The van der Waals surface area contributed by atoms with Crippen LogP contribution in [0.4, 0.5) is 5.13 Å². The molecule has 0 aliphatic carbocycles. The van der Waals surface area contributed by atoms with Gasteiger partial charge in [-0.25, -0.2) is 4.98 Å². The molecule has 1 aromatic rings. The van der Waals surface area contributed by atoms with Gasteiger partial charge in [0.15, 0.2) is 5.13 Å². The average molecular weight is 253 g/mol. The number of rotatable bonds is 3. The number of hydrogen-bond acceptors (Lipinski definition) is 4. The van der Waals surface area contributed by atoms with Crippen LogP contribution in [0.1, 0.15) is 51.3 Å². The standard InChI is InChI=1S/C13H23N3S/c1-10(2)12(14)11-9-17-13(15-11)16-7-5-3-4-6-8-16/h9-10,12H,3-8,14H2,1-2H3. The van der Waals surface area contributed by atoms with E-state index in [0.29, 0.717) is 5.92 Å². The lowest BCUT2D eigenvalue weighted by Gasteiger charge is -2.19. The number of nitrogens with two attached hydrogens (primary N) is 1. The molecule has 0 bridgehead atoms. The molecule has 1 saturated heterocycles. The van der Waals surface area contributed by atoms with E-state index in [2.05, 4.69) is 24.1 Å². The zero-order valence-corrected chi connectivity index (χ0v) is 11.7. The van der Waals surface area contributed by atoms with Crippen molar-refractivity contribution in [3.63, 3.8) is 0 Å². The molecular formula is C13H23N3S. The van der Waals surface area contributed by atoms with E-state index in [0.717, 1.165) is 23.9 Å². The maximum absolute atomic E-state index is 6.14. The van der Waals surface area contributed by atoms with Crippen LogP contribution in [0.25, 0.3) is 0 Å². The van der Waals surface area contributed by atoms with E-state index in [9.17, 15) is 0 Å². The van der Waals surface area contributed by atoms with Crippen LogP contribution in [0.3, 0.4) is 0 Å². The molecule has 0 radical (unpaired) electrons. The maximum atomic E-state index is 6.14. The van der Waals surface area contributed by atoms with Crippen LogP contribution in [0.5, 0.6) is 0 Å². The van der Waals surface area contributed by atoms with Gasteiger partial charge in [-0.05, 0) is 18.8 Å². The van der Waals surface area contributed by atoms with Crippen LogP contribution in [0, 0.1) is 5.92 Å². The zero-order chi connectivity index (χ0) is 12.3. The van der Waals surface area contributed by atoms with Crippen LogP contribution in [0.2, 0.25) is 0 Å². The quantitative estimate of drug-likeness (QED) is 0.899. The Balaban J connectivity index is 2.06. The summed E-state index contributed by atoms with van der Waals surface area (Å²) < 4.78 is 0. The first kappa shape index (κ1) is 12.8. The molecule has 0 saturated carbocycles. The van der Waals surface area contributed by atoms with Crippen LogP contribution < -0.4 is 10.6 Å². The van der Waals surface area contributed by atoms with Crippen molar-refractivity contribution >= 4 is 16.5 Å². The highest BCUT2D eigenvalue weighted by Crippen LogP contribution is 2.27. The van der Waals surface area contributed by atoms with Crippen LogP contribution >= 0.6 is 11.3 Å². The number of hydrogen-bond donors (Lipinski definition) is 1. The first-order chi connectivity index (χ1) is 8.18. The van der Waals surface area contributed by atoms with Gasteiger partial charge in [0.25, 0.3) is 0 Å². The van der Waals surface area contributed by atoms with Gasteiger partial charge in [-0.2, -0.15) is 0 Å². The fourth-order valence-corrected chi connectivity index (χ4v) is 3.10. The first-order valence-electron chi connectivity index (χ1n) is 6.64. The second-order valence-corrected chi connectivity index (χ2v) is 6.06. The smallest absolute Gasteiger partial charge is 0.185 e. The molecule has 1 fully saturated rings. The van der Waals surface area contributed by atoms with E-state index >= 15 is 0 Å². The minimum atomic E-state index is 0.0759. The molecule has 1 aliphatic heterocycles. The largest absolute Gasteiger partial charge is 0.348 e. The molecule has 4 heteroatoms. The van der Waals surface area contributed by atoms with Crippen LogP contribution in [0.15, 0.2) is 5.38 Å². The highest BCUT2D eigenvalue weighted by molar-refractivity contribution is 7.13. The summed E-state index contributed by atoms with van der Waals surface area (Å²) in [5.74, 6) is 0.453. The van der Waals surface area contributed by atoms with Gasteiger partial charge in [0.1, 0.15) is 0 Å². The fraction of sp³-hybridized carbons (Fsp3) is 0.769. The number of anilines is 1. The lowest BCUT2D eigenvalue weighted by atomic mass is 10.0. The van der Waals surface area contributed by atoms with E-state index in [1.165, 1.54) is 25.7 Å². The molecule has 1 atom stereocenters. The van der Waals surface area contributed by atoms with Crippen LogP contribution in [-0.2, 0) is 0 Å². The monoisotopic (exact) mass is 253 g/mol. The predicted octanol–water partition coefficient (Wildman–Crippen LogP) is 3.18. The predicted molar refractivity (Wildman–Crippen MR) is 74.6 cm³/mol. The second kappa shape index (κ2) is 5.83. The van der Waals surface area contributed by atoms with E-state index in [1.54, 1.807) is 11.3 Å². The molecule has 1 aromatic heterocycles. The average Bonchev–Trinajstić information content (AvgIpc) is 2.64. The van der Waals surface area contributed by atoms with Crippen LogP contribution in [-0.4, -0.2) is 18.1 Å². The fourth-order valence-electron chi connectivity index (χ4n) is 2.18. The number of nitrogens with zero attached hydrogens (tertiary/aromatic N) is 2. The van der Waals surface area contributed by atoms with Gasteiger partial charge < -0.3 is 10.6 Å². The van der Waals surface area contributed by atoms with Gasteiger partial charge in [0, 0.05) is 18.5 Å². The number of aromatic nitrogens is 1. The van der Waals surface area contributed by atoms with E-state index in [1.807, 2.05) is 0 Å². The van der Waals surface area contributed by atoms with Crippen molar-refractivity contribution in [2.24, 2.45) is 11.7 Å². The van der Waals surface area contributed by atoms with Gasteiger partial charge in [0.05, 0.1) is 11.7 Å². The normalized spacial score (nSPS) is 19.4.